The summed E-state index contributed by atoms with van der Waals surface area (Å²) in [6.07, 6.45) is 19.1. The quantitative estimate of drug-likeness (QED) is 0.180. The number of methoxy groups -OCH3 is 3. The topological polar surface area (TPSA) is 71.1 Å². The summed E-state index contributed by atoms with van der Waals surface area (Å²) < 4.78 is 21.5. The van der Waals surface area contributed by atoms with Gasteiger partial charge in [0.05, 0.1) is 14.2 Å². The van der Waals surface area contributed by atoms with Crippen LogP contribution in [0.1, 0.15) is 60.3 Å². The average molecular weight is 511 g/mol. The molecule has 0 unspecified atom stereocenters. The first-order chi connectivity index (χ1) is 17.5. The van der Waals surface area contributed by atoms with E-state index in [1.807, 2.05) is 25.2 Å². The van der Waals surface area contributed by atoms with Crippen LogP contribution in [0.3, 0.4) is 0 Å². The number of allylic oxidation sites excluding steroid dienone is 11. The van der Waals surface area contributed by atoms with Crippen molar-refractivity contribution < 1.29 is 28.5 Å². The number of hydrogen-bond donors (Lipinski definition) is 0. The molecular weight excluding hydrogens is 468 g/mol. The first kappa shape index (κ1) is 30.1. The van der Waals surface area contributed by atoms with Crippen molar-refractivity contribution in [1.82, 2.24) is 0 Å². The summed E-state index contributed by atoms with van der Waals surface area (Å²) in [6.45, 7) is 10.2. The fourth-order valence-electron chi connectivity index (χ4n) is 4.87. The van der Waals surface area contributed by atoms with Crippen LogP contribution in [0, 0.1) is 5.41 Å². The molecule has 0 radical (unpaired) electrons. The van der Waals surface area contributed by atoms with Gasteiger partial charge in [-0.3, -0.25) is 4.79 Å². The standard InChI is InChI=1S/C31H42O6/c1-22(17-18-25-24(3)14-11-19-30(25,4)5)12-9-13-23(2)20-29(33)37-21-26(32)31(36-8)27(34-6)15-10-16-28(31)35-7/h9,12-13,15-18,20H,10-11,14,19,21H2,1-8H3/b13-9+,18-17+,22-12+,23-20+. The number of ketones is 1. The summed E-state index contributed by atoms with van der Waals surface area (Å²) in [6, 6.07) is 0. The lowest BCUT2D eigenvalue weighted by atomic mass is 9.72. The van der Waals surface area contributed by atoms with E-state index in [1.54, 1.807) is 19.1 Å². The zero-order valence-electron chi connectivity index (χ0n) is 23.6. The van der Waals surface area contributed by atoms with Gasteiger partial charge in [-0.15, -0.1) is 0 Å². The maximum Gasteiger partial charge on any atom is 0.331 e. The Kier molecular flexibility index (Phi) is 10.9. The van der Waals surface area contributed by atoms with Gasteiger partial charge >= 0.3 is 5.97 Å². The summed E-state index contributed by atoms with van der Waals surface area (Å²) in [5.41, 5.74) is 3.34. The fraction of sp³-hybridized carbons (Fsp3) is 0.484. The lowest BCUT2D eigenvalue weighted by Crippen LogP contribution is -2.49. The van der Waals surface area contributed by atoms with Crippen LogP contribution < -0.4 is 0 Å². The van der Waals surface area contributed by atoms with Gasteiger partial charge in [0.2, 0.25) is 11.4 Å². The van der Waals surface area contributed by atoms with Gasteiger partial charge in [-0.2, -0.15) is 0 Å². The van der Waals surface area contributed by atoms with E-state index in [0.29, 0.717) is 23.5 Å². The third-order valence-electron chi connectivity index (χ3n) is 6.90. The highest BCUT2D eigenvalue weighted by Gasteiger charge is 2.50. The zero-order valence-corrected chi connectivity index (χ0v) is 23.6. The van der Waals surface area contributed by atoms with Crippen molar-refractivity contribution in [2.75, 3.05) is 27.9 Å². The van der Waals surface area contributed by atoms with Crippen molar-refractivity contribution in [2.45, 2.75) is 65.9 Å². The van der Waals surface area contributed by atoms with E-state index in [4.69, 9.17) is 18.9 Å². The van der Waals surface area contributed by atoms with Crippen LogP contribution in [-0.4, -0.2) is 45.3 Å². The Morgan fingerprint density at radius 1 is 1.00 bits per heavy atom. The van der Waals surface area contributed by atoms with Gasteiger partial charge in [0.25, 0.3) is 0 Å². The Hall–Kier alpha value is -3.12. The molecule has 0 N–H and O–H groups in total. The minimum absolute atomic E-state index is 0.207. The van der Waals surface area contributed by atoms with E-state index in [0.717, 1.165) is 5.57 Å². The summed E-state index contributed by atoms with van der Waals surface area (Å²) in [7, 11) is 4.30. The summed E-state index contributed by atoms with van der Waals surface area (Å²) in [5.74, 6) is -0.506. The van der Waals surface area contributed by atoms with Crippen molar-refractivity contribution in [2.24, 2.45) is 5.41 Å². The largest absolute Gasteiger partial charge is 0.497 e. The third kappa shape index (κ3) is 7.45. The van der Waals surface area contributed by atoms with Gasteiger partial charge in [0, 0.05) is 13.2 Å². The molecule has 0 bridgehead atoms. The highest BCUT2D eigenvalue weighted by molar-refractivity contribution is 5.96. The van der Waals surface area contributed by atoms with Gasteiger partial charge in [0.1, 0.15) is 11.5 Å². The highest BCUT2D eigenvalue weighted by atomic mass is 16.6. The van der Waals surface area contributed by atoms with E-state index < -0.39 is 24.0 Å². The number of esters is 1. The predicted molar refractivity (Wildman–Crippen MR) is 147 cm³/mol. The Morgan fingerprint density at radius 2 is 1.65 bits per heavy atom. The van der Waals surface area contributed by atoms with Crippen LogP contribution in [-0.2, 0) is 28.5 Å². The Labute approximate surface area is 222 Å². The minimum atomic E-state index is -1.57. The van der Waals surface area contributed by atoms with E-state index in [1.165, 1.54) is 57.8 Å². The molecule has 2 rings (SSSR count). The highest BCUT2D eigenvalue weighted by Crippen LogP contribution is 2.41. The van der Waals surface area contributed by atoms with Crippen LogP contribution in [0.2, 0.25) is 0 Å². The monoisotopic (exact) mass is 510 g/mol. The van der Waals surface area contributed by atoms with Crippen molar-refractivity contribution >= 4 is 11.8 Å². The Bertz CT molecular complexity index is 1050. The molecule has 0 atom stereocenters. The number of carbonyl (C=O) groups is 2. The SMILES string of the molecule is COC1=CCC=C(OC)C1(OC)C(=O)COC(=O)/C=C(C)/C=C/C=C(C)/C=C/C1=C(C)CCCC1(C)C. The third-order valence-corrected chi connectivity index (χ3v) is 6.90. The molecule has 6 heteroatoms. The normalized spacial score (nSPS) is 20.1. The van der Waals surface area contributed by atoms with Crippen molar-refractivity contribution in [1.29, 1.82) is 0 Å². The van der Waals surface area contributed by atoms with Crippen LogP contribution in [0.15, 0.2) is 82.4 Å². The molecule has 0 heterocycles. The molecule has 2 aliphatic rings. The van der Waals surface area contributed by atoms with Crippen molar-refractivity contribution in [3.05, 3.63) is 82.4 Å². The molecule has 0 saturated heterocycles. The molecule has 0 aromatic rings. The van der Waals surface area contributed by atoms with Gasteiger partial charge in [-0.25, -0.2) is 4.79 Å². The minimum Gasteiger partial charge on any atom is -0.497 e. The first-order valence-electron chi connectivity index (χ1n) is 12.7. The fourth-order valence-corrected chi connectivity index (χ4v) is 4.87. The number of rotatable bonds is 11. The van der Waals surface area contributed by atoms with Crippen LogP contribution in [0.5, 0.6) is 0 Å². The summed E-state index contributed by atoms with van der Waals surface area (Å²) in [5, 5.41) is 0. The smallest absolute Gasteiger partial charge is 0.331 e. The number of Topliss-reactive ketones (excluding diaryl/α,β-unsaturated/α-hetero) is 1. The Balaban J connectivity index is 2.00. The molecule has 0 spiro atoms. The van der Waals surface area contributed by atoms with Crippen LogP contribution in [0.4, 0.5) is 0 Å². The molecule has 37 heavy (non-hydrogen) atoms. The van der Waals surface area contributed by atoms with Crippen LogP contribution in [0.25, 0.3) is 0 Å². The molecule has 6 nitrogen and oxygen atoms in total. The molecule has 0 amide bonds. The molecular formula is C31H42O6. The van der Waals surface area contributed by atoms with Gasteiger partial charge < -0.3 is 18.9 Å². The Morgan fingerprint density at radius 3 is 2.22 bits per heavy atom. The zero-order chi connectivity index (χ0) is 27.6. The van der Waals surface area contributed by atoms with Gasteiger partial charge in [0.15, 0.2) is 6.61 Å². The van der Waals surface area contributed by atoms with Crippen molar-refractivity contribution in [3.8, 4) is 0 Å². The second-order valence-electron chi connectivity index (χ2n) is 10.1. The number of hydrogen-bond acceptors (Lipinski definition) is 6. The summed E-state index contributed by atoms with van der Waals surface area (Å²) in [4.78, 5) is 25.4. The van der Waals surface area contributed by atoms with Crippen LogP contribution >= 0.6 is 0 Å². The maximum absolute atomic E-state index is 13.1. The van der Waals surface area contributed by atoms with E-state index in [-0.39, 0.29) is 5.41 Å². The molecule has 0 fully saturated rings. The second-order valence-corrected chi connectivity index (χ2v) is 10.1. The van der Waals surface area contributed by atoms with E-state index in [9.17, 15) is 9.59 Å². The predicted octanol–water partition coefficient (Wildman–Crippen LogP) is 6.48. The molecule has 0 saturated carbocycles. The average Bonchev–Trinajstić information content (AvgIpc) is 2.85. The number of carbonyl (C=O) groups excluding carboxylic acids is 2. The second kappa shape index (κ2) is 13.4. The summed E-state index contributed by atoms with van der Waals surface area (Å²) >= 11 is 0. The molecule has 2 aliphatic carbocycles. The van der Waals surface area contributed by atoms with Crippen molar-refractivity contribution in [3.63, 3.8) is 0 Å². The lowest BCUT2D eigenvalue weighted by Gasteiger charge is -2.35. The maximum atomic E-state index is 13.1. The van der Waals surface area contributed by atoms with E-state index >= 15 is 0 Å². The van der Waals surface area contributed by atoms with E-state index in [2.05, 4.69) is 32.9 Å². The molecule has 0 aromatic carbocycles. The number of ether oxygens (including phenoxy) is 4. The van der Waals surface area contributed by atoms with Gasteiger partial charge in [-0.1, -0.05) is 55.4 Å². The molecule has 202 valence electrons. The van der Waals surface area contributed by atoms with Gasteiger partial charge in [-0.05, 0) is 75.2 Å². The molecule has 0 aromatic heterocycles. The first-order valence-corrected chi connectivity index (χ1v) is 12.7. The molecule has 0 aliphatic heterocycles. The lowest BCUT2D eigenvalue weighted by molar-refractivity contribution is -0.153.